The van der Waals surface area contributed by atoms with E-state index in [1.54, 1.807) is 13.2 Å². The molecule has 0 aliphatic carbocycles. The summed E-state index contributed by atoms with van der Waals surface area (Å²) < 4.78 is 5.19. The first-order valence-corrected chi connectivity index (χ1v) is 6.02. The van der Waals surface area contributed by atoms with Crippen LogP contribution in [0.5, 0.6) is 0 Å². The fraction of sp³-hybridized carbons (Fsp3) is 0.182. The van der Waals surface area contributed by atoms with Crippen LogP contribution >= 0.6 is 23.4 Å². The lowest BCUT2D eigenvalue weighted by atomic mass is 10.4. The molecule has 6 heteroatoms. The maximum atomic E-state index is 11.0. The first kappa shape index (κ1) is 12.1. The lowest BCUT2D eigenvalue weighted by Gasteiger charge is -2.05. The summed E-state index contributed by atoms with van der Waals surface area (Å²) in [4.78, 5) is 20.0. The molecule has 0 unspecified atom stereocenters. The van der Waals surface area contributed by atoms with E-state index in [0.29, 0.717) is 22.7 Å². The van der Waals surface area contributed by atoms with Crippen molar-refractivity contribution >= 4 is 29.6 Å². The van der Waals surface area contributed by atoms with Gasteiger partial charge in [-0.3, -0.25) is 4.79 Å². The standard InChI is InChI=1S/C11H9ClN2O2S/c1-6-9(3-4-16-6)17-11-8(5-15)10(12)13-7(2)14-11/h3-5H,1-2H3. The number of nitrogens with zero attached hydrogens (tertiary/aromatic N) is 2. The van der Waals surface area contributed by atoms with E-state index in [1.807, 2.05) is 13.0 Å². The number of carbonyl (C=O) groups is 1. The van der Waals surface area contributed by atoms with Gasteiger partial charge in [-0.15, -0.1) is 0 Å². The Bertz CT molecular complexity index is 569. The number of aldehydes is 1. The van der Waals surface area contributed by atoms with Gasteiger partial charge in [0.2, 0.25) is 0 Å². The largest absolute Gasteiger partial charge is 0.468 e. The van der Waals surface area contributed by atoms with Crippen LogP contribution in [0.15, 0.2) is 26.7 Å². The van der Waals surface area contributed by atoms with Gasteiger partial charge < -0.3 is 4.42 Å². The van der Waals surface area contributed by atoms with Gasteiger partial charge >= 0.3 is 0 Å². The number of hydrogen-bond donors (Lipinski definition) is 0. The van der Waals surface area contributed by atoms with Crippen LogP contribution in [-0.2, 0) is 0 Å². The molecule has 0 N–H and O–H groups in total. The molecule has 2 aromatic rings. The zero-order valence-corrected chi connectivity index (χ0v) is 10.8. The summed E-state index contributed by atoms with van der Waals surface area (Å²) in [5, 5.41) is 0.721. The highest BCUT2D eigenvalue weighted by Crippen LogP contribution is 2.33. The molecule has 88 valence electrons. The number of furan rings is 1. The molecular formula is C11H9ClN2O2S. The van der Waals surface area contributed by atoms with E-state index in [2.05, 4.69) is 9.97 Å². The van der Waals surface area contributed by atoms with Crippen molar-refractivity contribution in [3.05, 3.63) is 34.6 Å². The van der Waals surface area contributed by atoms with Crippen molar-refractivity contribution in [3.63, 3.8) is 0 Å². The van der Waals surface area contributed by atoms with Crippen LogP contribution in [0.25, 0.3) is 0 Å². The van der Waals surface area contributed by atoms with E-state index in [4.69, 9.17) is 16.0 Å². The molecular weight excluding hydrogens is 260 g/mol. The van der Waals surface area contributed by atoms with Crippen molar-refractivity contribution in [2.75, 3.05) is 0 Å². The van der Waals surface area contributed by atoms with Crippen LogP contribution in [-0.4, -0.2) is 16.3 Å². The van der Waals surface area contributed by atoms with Crippen molar-refractivity contribution in [1.29, 1.82) is 0 Å². The predicted octanol–water partition coefficient (Wildman–Crippen LogP) is 3.30. The second-order valence-electron chi connectivity index (χ2n) is 3.34. The molecule has 0 atom stereocenters. The van der Waals surface area contributed by atoms with Crippen molar-refractivity contribution in [2.24, 2.45) is 0 Å². The molecule has 0 aromatic carbocycles. The molecule has 0 spiro atoms. The summed E-state index contributed by atoms with van der Waals surface area (Å²) in [5.74, 6) is 1.31. The zero-order chi connectivity index (χ0) is 12.4. The third-order valence-corrected chi connectivity index (χ3v) is 3.55. The highest BCUT2D eigenvalue weighted by Gasteiger charge is 2.14. The van der Waals surface area contributed by atoms with Gasteiger partial charge in [-0.25, -0.2) is 9.97 Å². The molecule has 0 saturated carbocycles. The lowest BCUT2D eigenvalue weighted by Crippen LogP contribution is -1.98. The van der Waals surface area contributed by atoms with Crippen LogP contribution in [0, 0.1) is 13.8 Å². The Morgan fingerprint density at radius 3 is 2.76 bits per heavy atom. The minimum atomic E-state index is 0.177. The van der Waals surface area contributed by atoms with Crippen LogP contribution < -0.4 is 0 Å². The van der Waals surface area contributed by atoms with Gasteiger partial charge in [-0.2, -0.15) is 0 Å². The van der Waals surface area contributed by atoms with E-state index in [0.717, 1.165) is 10.7 Å². The Labute approximate surface area is 107 Å². The number of aromatic nitrogens is 2. The van der Waals surface area contributed by atoms with Crippen LogP contribution in [0.1, 0.15) is 21.9 Å². The summed E-state index contributed by atoms with van der Waals surface area (Å²) in [6.45, 7) is 3.57. The molecule has 2 rings (SSSR count). The molecule has 17 heavy (non-hydrogen) atoms. The highest BCUT2D eigenvalue weighted by molar-refractivity contribution is 7.99. The third kappa shape index (κ3) is 2.50. The number of hydrogen-bond acceptors (Lipinski definition) is 5. The monoisotopic (exact) mass is 268 g/mol. The van der Waals surface area contributed by atoms with Gasteiger partial charge in [-0.05, 0) is 19.9 Å². The van der Waals surface area contributed by atoms with Gasteiger partial charge in [0, 0.05) is 0 Å². The van der Waals surface area contributed by atoms with E-state index in [9.17, 15) is 4.79 Å². The van der Waals surface area contributed by atoms with Gasteiger partial charge in [0.05, 0.1) is 16.7 Å². The molecule has 2 heterocycles. The molecule has 0 saturated heterocycles. The number of rotatable bonds is 3. The molecule has 0 bridgehead atoms. The summed E-state index contributed by atoms with van der Waals surface area (Å²) in [6.07, 6.45) is 2.26. The lowest BCUT2D eigenvalue weighted by molar-refractivity contribution is 0.112. The average Bonchev–Trinajstić information content (AvgIpc) is 2.64. The molecule has 4 nitrogen and oxygen atoms in total. The zero-order valence-electron chi connectivity index (χ0n) is 9.23. The van der Waals surface area contributed by atoms with Crippen molar-refractivity contribution in [2.45, 2.75) is 23.8 Å². The van der Waals surface area contributed by atoms with Gasteiger partial charge in [0.1, 0.15) is 21.8 Å². The second-order valence-corrected chi connectivity index (χ2v) is 4.73. The number of carbonyl (C=O) groups excluding carboxylic acids is 1. The fourth-order valence-corrected chi connectivity index (χ4v) is 2.55. The minimum Gasteiger partial charge on any atom is -0.468 e. The Kier molecular flexibility index (Phi) is 3.49. The van der Waals surface area contributed by atoms with E-state index in [1.165, 1.54) is 11.8 Å². The maximum absolute atomic E-state index is 11.0. The van der Waals surface area contributed by atoms with Crippen molar-refractivity contribution in [1.82, 2.24) is 9.97 Å². The summed E-state index contributed by atoms with van der Waals surface area (Å²) in [5.41, 5.74) is 0.308. The third-order valence-electron chi connectivity index (χ3n) is 2.11. The topological polar surface area (TPSA) is 56.0 Å². The smallest absolute Gasteiger partial charge is 0.155 e. The van der Waals surface area contributed by atoms with Crippen molar-refractivity contribution < 1.29 is 9.21 Å². The van der Waals surface area contributed by atoms with Crippen molar-refractivity contribution in [3.8, 4) is 0 Å². The number of halogens is 1. The molecule has 0 radical (unpaired) electrons. The minimum absolute atomic E-state index is 0.177. The molecule has 0 amide bonds. The summed E-state index contributed by atoms with van der Waals surface area (Å²) in [7, 11) is 0. The average molecular weight is 269 g/mol. The van der Waals surface area contributed by atoms with Crippen LogP contribution in [0.3, 0.4) is 0 Å². The maximum Gasteiger partial charge on any atom is 0.155 e. The van der Waals surface area contributed by atoms with Crippen LogP contribution in [0.2, 0.25) is 5.15 Å². The van der Waals surface area contributed by atoms with E-state index in [-0.39, 0.29) is 5.15 Å². The Morgan fingerprint density at radius 1 is 1.41 bits per heavy atom. The fourth-order valence-electron chi connectivity index (χ4n) is 1.28. The summed E-state index contributed by atoms with van der Waals surface area (Å²) in [6, 6.07) is 1.82. The van der Waals surface area contributed by atoms with Gasteiger partial charge in [0.15, 0.2) is 6.29 Å². The molecule has 0 aliphatic rings. The van der Waals surface area contributed by atoms with E-state index < -0.39 is 0 Å². The van der Waals surface area contributed by atoms with Gasteiger partial charge in [0.25, 0.3) is 0 Å². The van der Waals surface area contributed by atoms with Gasteiger partial charge in [-0.1, -0.05) is 23.4 Å². The van der Waals surface area contributed by atoms with E-state index >= 15 is 0 Å². The highest BCUT2D eigenvalue weighted by atomic mass is 35.5. The first-order chi connectivity index (χ1) is 8.11. The summed E-state index contributed by atoms with van der Waals surface area (Å²) >= 11 is 7.24. The Hall–Kier alpha value is -1.33. The normalized spacial score (nSPS) is 10.5. The molecule has 2 aromatic heterocycles. The van der Waals surface area contributed by atoms with Crippen LogP contribution in [0.4, 0.5) is 0 Å². The Balaban J connectivity index is 2.45. The molecule has 0 fully saturated rings. The SMILES string of the molecule is Cc1nc(Cl)c(C=O)c(Sc2ccoc2C)n1. The predicted molar refractivity (Wildman–Crippen MR) is 64.7 cm³/mol. The second kappa shape index (κ2) is 4.89. The quantitative estimate of drug-likeness (QED) is 0.631. The Morgan fingerprint density at radius 2 is 2.18 bits per heavy atom. The molecule has 0 aliphatic heterocycles. The first-order valence-electron chi connectivity index (χ1n) is 4.83. The number of aryl methyl sites for hydroxylation is 2.